The molecule has 0 unspecified atom stereocenters. The summed E-state index contributed by atoms with van der Waals surface area (Å²) in [7, 11) is 0. The normalized spacial score (nSPS) is 10.4. The van der Waals surface area contributed by atoms with E-state index in [0.717, 1.165) is 16.9 Å². The largest absolute Gasteiger partial charge is 0.489 e. The highest BCUT2D eigenvalue weighted by atomic mass is 32.1. The molecule has 0 bridgehead atoms. The fourth-order valence-corrected chi connectivity index (χ4v) is 3.22. The van der Waals surface area contributed by atoms with Crippen molar-refractivity contribution < 1.29 is 14.3 Å². The van der Waals surface area contributed by atoms with Gasteiger partial charge in [0.1, 0.15) is 12.4 Å². The number of aryl methyl sites for hydroxylation is 1. The Morgan fingerprint density at radius 2 is 1.85 bits per heavy atom. The van der Waals surface area contributed by atoms with Crippen molar-refractivity contribution in [2.75, 3.05) is 5.32 Å². The molecule has 0 aliphatic rings. The van der Waals surface area contributed by atoms with E-state index in [9.17, 15) is 9.59 Å². The second-order valence-corrected chi connectivity index (χ2v) is 6.92. The SMILES string of the molecule is CC(=O)c1ccc(NC(=O)c2cc(COc3cccc(C)c3)cs2)cc1. The maximum Gasteiger partial charge on any atom is 0.265 e. The van der Waals surface area contributed by atoms with E-state index in [4.69, 9.17) is 4.74 Å². The van der Waals surface area contributed by atoms with Gasteiger partial charge < -0.3 is 10.1 Å². The molecular weight excluding hydrogens is 346 g/mol. The minimum atomic E-state index is -0.174. The summed E-state index contributed by atoms with van der Waals surface area (Å²) in [5, 5.41) is 4.76. The topological polar surface area (TPSA) is 55.4 Å². The lowest BCUT2D eigenvalue weighted by Gasteiger charge is -2.05. The van der Waals surface area contributed by atoms with Crippen LogP contribution in [0.25, 0.3) is 0 Å². The highest BCUT2D eigenvalue weighted by Crippen LogP contribution is 2.20. The van der Waals surface area contributed by atoms with Crippen molar-refractivity contribution in [1.29, 1.82) is 0 Å². The summed E-state index contributed by atoms with van der Waals surface area (Å²) < 4.78 is 5.76. The number of rotatable bonds is 6. The predicted molar refractivity (Wildman–Crippen MR) is 104 cm³/mol. The van der Waals surface area contributed by atoms with Crippen molar-refractivity contribution in [3.05, 3.63) is 81.5 Å². The Bertz CT molecular complexity index is 928. The summed E-state index contributed by atoms with van der Waals surface area (Å²) >= 11 is 1.38. The zero-order valence-corrected chi connectivity index (χ0v) is 15.4. The molecule has 132 valence electrons. The van der Waals surface area contributed by atoms with E-state index in [-0.39, 0.29) is 11.7 Å². The molecule has 0 saturated heterocycles. The molecule has 0 radical (unpaired) electrons. The number of carbonyl (C=O) groups is 2. The highest BCUT2D eigenvalue weighted by Gasteiger charge is 2.10. The van der Waals surface area contributed by atoms with Crippen LogP contribution in [-0.2, 0) is 6.61 Å². The van der Waals surface area contributed by atoms with Crippen LogP contribution in [-0.4, -0.2) is 11.7 Å². The van der Waals surface area contributed by atoms with Crippen LogP contribution in [0.5, 0.6) is 5.75 Å². The second-order valence-electron chi connectivity index (χ2n) is 6.01. The van der Waals surface area contributed by atoms with Crippen LogP contribution in [0.2, 0.25) is 0 Å². The predicted octanol–water partition coefficient (Wildman–Crippen LogP) is 5.09. The van der Waals surface area contributed by atoms with Crippen LogP contribution in [0.3, 0.4) is 0 Å². The molecule has 2 aromatic carbocycles. The molecule has 0 fully saturated rings. The number of benzene rings is 2. The first kappa shape index (κ1) is 17.9. The first-order valence-electron chi connectivity index (χ1n) is 8.20. The van der Waals surface area contributed by atoms with Crippen molar-refractivity contribution in [2.45, 2.75) is 20.5 Å². The average molecular weight is 365 g/mol. The van der Waals surface area contributed by atoms with Gasteiger partial charge in [0.15, 0.2) is 5.78 Å². The van der Waals surface area contributed by atoms with Gasteiger partial charge in [-0.1, -0.05) is 12.1 Å². The molecule has 1 amide bonds. The van der Waals surface area contributed by atoms with E-state index in [2.05, 4.69) is 5.32 Å². The molecule has 1 aromatic heterocycles. The maximum atomic E-state index is 12.4. The van der Waals surface area contributed by atoms with E-state index < -0.39 is 0 Å². The van der Waals surface area contributed by atoms with Gasteiger partial charge >= 0.3 is 0 Å². The lowest BCUT2D eigenvalue weighted by Crippen LogP contribution is -2.10. The van der Waals surface area contributed by atoms with Crippen molar-refractivity contribution >= 4 is 28.7 Å². The van der Waals surface area contributed by atoms with Crippen LogP contribution >= 0.6 is 11.3 Å². The molecule has 5 heteroatoms. The van der Waals surface area contributed by atoms with Crippen LogP contribution < -0.4 is 10.1 Å². The van der Waals surface area contributed by atoms with Gasteiger partial charge in [-0.3, -0.25) is 9.59 Å². The van der Waals surface area contributed by atoms with Crippen LogP contribution in [0.4, 0.5) is 5.69 Å². The quantitative estimate of drug-likeness (QED) is 0.619. The number of thiophene rings is 1. The van der Waals surface area contributed by atoms with Crippen molar-refractivity contribution in [3.8, 4) is 5.75 Å². The number of nitrogens with one attached hydrogen (secondary N) is 1. The van der Waals surface area contributed by atoms with E-state index in [1.54, 1.807) is 24.3 Å². The van der Waals surface area contributed by atoms with Gasteiger partial charge in [-0.25, -0.2) is 0 Å². The fraction of sp³-hybridized carbons (Fsp3) is 0.143. The maximum absolute atomic E-state index is 12.4. The zero-order chi connectivity index (χ0) is 18.5. The lowest BCUT2D eigenvalue weighted by molar-refractivity contribution is 0.101. The molecule has 3 rings (SSSR count). The second kappa shape index (κ2) is 7.97. The van der Waals surface area contributed by atoms with Gasteiger partial charge in [0.25, 0.3) is 5.91 Å². The van der Waals surface area contributed by atoms with Crippen LogP contribution in [0, 0.1) is 6.92 Å². The third-order valence-corrected chi connectivity index (χ3v) is 4.80. The monoisotopic (exact) mass is 365 g/mol. The Labute approximate surface area is 156 Å². The molecule has 0 aliphatic heterocycles. The van der Waals surface area contributed by atoms with Gasteiger partial charge in [-0.05, 0) is 67.3 Å². The molecule has 0 aliphatic carbocycles. The minimum Gasteiger partial charge on any atom is -0.489 e. The van der Waals surface area contributed by atoms with Gasteiger partial charge in [-0.15, -0.1) is 11.3 Å². The first-order valence-corrected chi connectivity index (χ1v) is 9.08. The third kappa shape index (κ3) is 4.58. The molecule has 0 atom stereocenters. The van der Waals surface area contributed by atoms with E-state index in [0.29, 0.717) is 22.7 Å². The smallest absolute Gasteiger partial charge is 0.265 e. The molecule has 3 aromatic rings. The summed E-state index contributed by atoms with van der Waals surface area (Å²) in [5.74, 6) is 0.638. The molecule has 0 spiro atoms. The summed E-state index contributed by atoms with van der Waals surface area (Å²) in [4.78, 5) is 24.3. The Balaban J connectivity index is 1.59. The molecule has 1 heterocycles. The number of hydrogen-bond acceptors (Lipinski definition) is 4. The van der Waals surface area contributed by atoms with Gasteiger partial charge in [0.2, 0.25) is 0 Å². The number of ether oxygens (including phenoxy) is 1. The standard InChI is InChI=1S/C21H19NO3S/c1-14-4-3-5-19(10-14)25-12-16-11-20(26-13-16)21(24)22-18-8-6-17(7-9-18)15(2)23/h3-11,13H,12H2,1-2H3,(H,22,24). The van der Waals surface area contributed by atoms with E-state index in [1.807, 2.05) is 42.6 Å². The Morgan fingerprint density at radius 1 is 1.08 bits per heavy atom. The van der Waals surface area contributed by atoms with Gasteiger partial charge in [0.05, 0.1) is 4.88 Å². The van der Waals surface area contributed by atoms with Crippen molar-refractivity contribution in [3.63, 3.8) is 0 Å². The summed E-state index contributed by atoms with van der Waals surface area (Å²) in [6, 6.07) is 16.6. The fourth-order valence-electron chi connectivity index (χ4n) is 2.42. The number of carbonyl (C=O) groups excluding carboxylic acids is 2. The Morgan fingerprint density at radius 3 is 2.54 bits per heavy atom. The Hall–Kier alpha value is -2.92. The summed E-state index contributed by atoms with van der Waals surface area (Å²) in [6.07, 6.45) is 0. The number of hydrogen-bond donors (Lipinski definition) is 1. The zero-order valence-electron chi connectivity index (χ0n) is 14.6. The number of anilines is 1. The van der Waals surface area contributed by atoms with Crippen molar-refractivity contribution in [1.82, 2.24) is 0 Å². The Kier molecular flexibility index (Phi) is 5.49. The van der Waals surface area contributed by atoms with Gasteiger partial charge in [-0.2, -0.15) is 0 Å². The third-order valence-electron chi connectivity index (χ3n) is 3.82. The lowest BCUT2D eigenvalue weighted by atomic mass is 10.1. The average Bonchev–Trinajstić information content (AvgIpc) is 3.10. The van der Waals surface area contributed by atoms with Crippen LogP contribution in [0.1, 0.15) is 38.1 Å². The highest BCUT2D eigenvalue weighted by molar-refractivity contribution is 7.12. The van der Waals surface area contributed by atoms with E-state index in [1.165, 1.54) is 18.3 Å². The van der Waals surface area contributed by atoms with E-state index >= 15 is 0 Å². The number of amides is 1. The first-order chi connectivity index (χ1) is 12.5. The molecule has 1 N–H and O–H groups in total. The molecule has 4 nitrogen and oxygen atoms in total. The summed E-state index contributed by atoms with van der Waals surface area (Å²) in [6.45, 7) is 3.95. The van der Waals surface area contributed by atoms with Crippen LogP contribution in [0.15, 0.2) is 60.0 Å². The van der Waals surface area contributed by atoms with Gasteiger partial charge in [0, 0.05) is 16.8 Å². The molecular formula is C21H19NO3S. The molecule has 0 saturated carbocycles. The molecule has 26 heavy (non-hydrogen) atoms. The number of ketones is 1. The minimum absolute atomic E-state index is 0.000569. The van der Waals surface area contributed by atoms with Crippen molar-refractivity contribution in [2.24, 2.45) is 0 Å². The number of Topliss-reactive ketones (excluding diaryl/α,β-unsaturated/α-hetero) is 1. The summed E-state index contributed by atoms with van der Waals surface area (Å²) in [5.41, 5.74) is 3.37.